The minimum absolute atomic E-state index is 0.154. The molecular weight excluding hydrogens is 877 g/mol. The first-order valence-corrected chi connectivity index (χ1v) is 28.0. The molecule has 0 aliphatic heterocycles. The molecule has 6 heteroatoms. The normalized spacial score (nSPS) is 13.3. The molecule has 0 amide bonds. The minimum Gasteiger partial charge on any atom is -0.462 e. The second-order valence-corrected chi connectivity index (χ2v) is 17.8. The van der Waals surface area contributed by atoms with Crippen molar-refractivity contribution < 1.29 is 28.6 Å². The van der Waals surface area contributed by atoms with Gasteiger partial charge in [0.15, 0.2) is 6.10 Å². The Morgan fingerprint density at radius 1 is 0.310 bits per heavy atom. The van der Waals surface area contributed by atoms with Gasteiger partial charge in [-0.1, -0.05) is 237 Å². The van der Waals surface area contributed by atoms with Gasteiger partial charge in [-0.3, -0.25) is 14.4 Å². The summed E-state index contributed by atoms with van der Waals surface area (Å²) in [4.78, 5) is 38.1. The quantitative estimate of drug-likeness (QED) is 0.0199. The summed E-state index contributed by atoms with van der Waals surface area (Å²) in [5, 5.41) is 0. The minimum atomic E-state index is -0.855. The van der Waals surface area contributed by atoms with E-state index in [1.807, 2.05) is 24.3 Å². The van der Waals surface area contributed by atoms with Gasteiger partial charge >= 0.3 is 17.9 Å². The van der Waals surface area contributed by atoms with E-state index in [1.54, 1.807) is 0 Å². The average molecular weight is 978 g/mol. The molecule has 0 spiro atoms. The number of unbranched alkanes of at least 4 members (excludes halogenated alkanes) is 12. The van der Waals surface area contributed by atoms with Gasteiger partial charge in [0.1, 0.15) is 13.2 Å². The van der Waals surface area contributed by atoms with Crippen molar-refractivity contribution in [3.8, 4) is 0 Å². The maximum absolute atomic E-state index is 12.8. The molecule has 0 radical (unpaired) electrons. The fourth-order valence-electron chi connectivity index (χ4n) is 6.92. The van der Waals surface area contributed by atoms with Gasteiger partial charge in [0, 0.05) is 19.3 Å². The molecule has 1 atom stereocenters. The predicted octanol–water partition coefficient (Wildman–Crippen LogP) is 19.0. The van der Waals surface area contributed by atoms with Crippen molar-refractivity contribution >= 4 is 17.9 Å². The molecule has 0 N–H and O–H groups in total. The van der Waals surface area contributed by atoms with Crippen LogP contribution >= 0.6 is 0 Å². The van der Waals surface area contributed by atoms with Crippen molar-refractivity contribution in [2.24, 2.45) is 0 Å². The Kier molecular flexibility index (Phi) is 53.6. The number of carbonyl (C=O) groups is 3. The molecule has 0 heterocycles. The highest BCUT2D eigenvalue weighted by Crippen LogP contribution is 2.12. The van der Waals surface area contributed by atoms with Crippen LogP contribution in [-0.4, -0.2) is 37.2 Å². The lowest BCUT2D eigenvalue weighted by Crippen LogP contribution is -2.30. The molecule has 0 bridgehead atoms. The molecule has 1 unspecified atom stereocenters. The molecule has 0 rings (SSSR count). The molecule has 396 valence electrons. The van der Waals surface area contributed by atoms with Crippen LogP contribution in [0.1, 0.15) is 213 Å². The third-order valence-electron chi connectivity index (χ3n) is 11.1. The molecule has 6 nitrogen and oxygen atoms in total. The Balaban J connectivity index is 4.66. The lowest BCUT2D eigenvalue weighted by Gasteiger charge is -2.18. The van der Waals surface area contributed by atoms with E-state index in [4.69, 9.17) is 14.2 Å². The van der Waals surface area contributed by atoms with E-state index in [-0.39, 0.29) is 50.4 Å². The van der Waals surface area contributed by atoms with Crippen LogP contribution in [0.4, 0.5) is 0 Å². The Bertz CT molecular complexity index is 1640. The lowest BCUT2D eigenvalue weighted by atomic mass is 10.1. The highest BCUT2D eigenvalue weighted by Gasteiger charge is 2.19. The van der Waals surface area contributed by atoms with Gasteiger partial charge in [0.2, 0.25) is 0 Å². The molecule has 0 aliphatic rings. The standard InChI is InChI=1S/C65H100O6/c1-4-7-10-13-16-19-22-25-28-31-33-35-37-40-43-46-49-52-55-58-64(67)70-61-62(60-69-63(66)57-54-51-48-45-42-39-36-30-27-24-21-18-15-12-9-6-3)71-65(68)59-56-53-50-47-44-41-38-34-32-29-26-23-20-17-14-11-8-5-2/h7,9-10,12,16,18-19,21,25,27-30,32-35,38-40,42-43,48-49,51-52,62H,4-6,8,11,13-15,17,20,22-24,26,31,36-37,41,44-47,50,53-61H2,1-3H3/b10-7-,12-9-,19-16-,21-18-,28-25-,30-27-,32-29-,35-33-,38-34-,42-39-,43-40-,51-48-,52-49-. The molecule has 0 aromatic rings. The van der Waals surface area contributed by atoms with Crippen LogP contribution in [0, 0.1) is 0 Å². The third kappa shape index (κ3) is 55.8. The molecule has 0 saturated carbocycles. The molecule has 0 aromatic heterocycles. The summed E-state index contributed by atoms with van der Waals surface area (Å²) < 4.78 is 16.7. The summed E-state index contributed by atoms with van der Waals surface area (Å²) in [6.07, 6.45) is 84.0. The second kappa shape index (κ2) is 57.6. The first-order valence-electron chi connectivity index (χ1n) is 28.0. The third-order valence-corrected chi connectivity index (χ3v) is 11.1. The number of allylic oxidation sites excluding steroid dienone is 26. The van der Waals surface area contributed by atoms with Gasteiger partial charge in [-0.25, -0.2) is 0 Å². The fourth-order valence-corrected chi connectivity index (χ4v) is 6.92. The van der Waals surface area contributed by atoms with Crippen molar-refractivity contribution in [3.05, 3.63) is 158 Å². The number of hydrogen-bond acceptors (Lipinski definition) is 6. The van der Waals surface area contributed by atoms with Gasteiger partial charge in [0.05, 0.1) is 0 Å². The molecule has 0 aliphatic carbocycles. The van der Waals surface area contributed by atoms with Crippen molar-refractivity contribution in [1.82, 2.24) is 0 Å². The lowest BCUT2D eigenvalue weighted by molar-refractivity contribution is -0.166. The fraction of sp³-hybridized carbons (Fsp3) is 0.554. The van der Waals surface area contributed by atoms with Crippen LogP contribution < -0.4 is 0 Å². The van der Waals surface area contributed by atoms with E-state index >= 15 is 0 Å². The first-order chi connectivity index (χ1) is 35.0. The summed E-state index contributed by atoms with van der Waals surface area (Å²) in [6, 6.07) is 0. The average Bonchev–Trinajstić information content (AvgIpc) is 3.37. The van der Waals surface area contributed by atoms with Crippen molar-refractivity contribution in [2.75, 3.05) is 13.2 Å². The number of esters is 3. The number of ether oxygens (including phenoxy) is 3. The van der Waals surface area contributed by atoms with E-state index in [0.29, 0.717) is 12.8 Å². The summed E-state index contributed by atoms with van der Waals surface area (Å²) >= 11 is 0. The highest BCUT2D eigenvalue weighted by atomic mass is 16.6. The SMILES string of the molecule is CC/C=C\C/C=C\C/C=C\C/C=C\C/C=C\C/C=C\CCC(=O)OCC(COC(=O)CC/C=C\C/C=C\C/C=C\C/C=C\C/C=C\CC)OC(=O)CCCCCCC/C=C\C=C/CCCCCCCCC. The maximum atomic E-state index is 12.8. The second-order valence-electron chi connectivity index (χ2n) is 17.8. The van der Waals surface area contributed by atoms with Crippen molar-refractivity contribution in [3.63, 3.8) is 0 Å². The molecule has 0 saturated heterocycles. The van der Waals surface area contributed by atoms with Gasteiger partial charge in [-0.2, -0.15) is 0 Å². The zero-order chi connectivity index (χ0) is 51.4. The largest absolute Gasteiger partial charge is 0.462 e. The molecule has 0 aromatic carbocycles. The summed E-state index contributed by atoms with van der Waals surface area (Å²) in [5.74, 6) is -1.14. The van der Waals surface area contributed by atoms with Crippen LogP contribution in [-0.2, 0) is 28.6 Å². The van der Waals surface area contributed by atoms with E-state index in [0.717, 1.165) is 116 Å². The topological polar surface area (TPSA) is 78.9 Å². The van der Waals surface area contributed by atoms with Gasteiger partial charge in [-0.05, 0) is 116 Å². The van der Waals surface area contributed by atoms with Gasteiger partial charge in [0.25, 0.3) is 0 Å². The molecular formula is C65H100O6. The van der Waals surface area contributed by atoms with Crippen molar-refractivity contribution in [2.45, 2.75) is 219 Å². The smallest absolute Gasteiger partial charge is 0.306 e. The number of rotatable bonds is 48. The number of carbonyl (C=O) groups excluding carboxylic acids is 3. The summed E-state index contributed by atoms with van der Waals surface area (Å²) in [6.45, 7) is 6.24. The molecule has 71 heavy (non-hydrogen) atoms. The molecule has 0 fully saturated rings. The van der Waals surface area contributed by atoms with Crippen LogP contribution in [0.25, 0.3) is 0 Å². The van der Waals surface area contributed by atoms with Crippen LogP contribution in [0.5, 0.6) is 0 Å². The van der Waals surface area contributed by atoms with Gasteiger partial charge < -0.3 is 14.2 Å². The van der Waals surface area contributed by atoms with E-state index in [9.17, 15) is 14.4 Å². The Morgan fingerprint density at radius 3 is 0.972 bits per heavy atom. The first kappa shape index (κ1) is 66.0. The monoisotopic (exact) mass is 977 g/mol. The highest BCUT2D eigenvalue weighted by molar-refractivity contribution is 5.71. The zero-order valence-electron chi connectivity index (χ0n) is 45.2. The van der Waals surface area contributed by atoms with Crippen LogP contribution in [0.3, 0.4) is 0 Å². The zero-order valence-corrected chi connectivity index (χ0v) is 45.2. The predicted molar refractivity (Wildman–Crippen MR) is 306 cm³/mol. The van der Waals surface area contributed by atoms with E-state index in [1.165, 1.54) is 44.9 Å². The van der Waals surface area contributed by atoms with Crippen molar-refractivity contribution in [1.29, 1.82) is 0 Å². The summed E-state index contributed by atoms with van der Waals surface area (Å²) in [7, 11) is 0. The maximum Gasteiger partial charge on any atom is 0.306 e. The number of hydrogen-bond donors (Lipinski definition) is 0. The van der Waals surface area contributed by atoms with Crippen LogP contribution in [0.15, 0.2) is 158 Å². The Hall–Kier alpha value is -4.97. The Morgan fingerprint density at radius 2 is 0.620 bits per heavy atom. The van der Waals surface area contributed by atoms with Gasteiger partial charge in [-0.15, -0.1) is 0 Å². The van der Waals surface area contributed by atoms with E-state index < -0.39 is 6.10 Å². The Labute approximate surface area is 435 Å². The van der Waals surface area contributed by atoms with Crippen LogP contribution in [0.2, 0.25) is 0 Å². The van der Waals surface area contributed by atoms with E-state index in [2.05, 4.69) is 154 Å². The summed E-state index contributed by atoms with van der Waals surface area (Å²) in [5.41, 5.74) is 0.